The molecule has 0 aromatic heterocycles. The van der Waals surface area contributed by atoms with Crippen LogP contribution in [0.15, 0.2) is 0 Å². The molecule has 5 nitrogen and oxygen atoms in total. The Bertz CT molecular complexity index is 330. The van der Waals surface area contributed by atoms with Gasteiger partial charge in [-0.1, -0.05) is 27.2 Å². The first-order chi connectivity index (χ1) is 9.40. The van der Waals surface area contributed by atoms with Crippen molar-refractivity contribution in [3.8, 4) is 0 Å². The fourth-order valence-corrected chi connectivity index (χ4v) is 2.85. The number of rotatable bonds is 7. The fourth-order valence-electron chi connectivity index (χ4n) is 2.85. The van der Waals surface area contributed by atoms with Gasteiger partial charge in [0.2, 0.25) is 5.91 Å². The second-order valence-electron chi connectivity index (χ2n) is 6.17. The summed E-state index contributed by atoms with van der Waals surface area (Å²) in [5.74, 6) is 0.574. The summed E-state index contributed by atoms with van der Waals surface area (Å²) in [7, 11) is 0. The van der Waals surface area contributed by atoms with Crippen molar-refractivity contribution in [3.05, 3.63) is 0 Å². The van der Waals surface area contributed by atoms with E-state index >= 15 is 0 Å². The molecule has 0 aromatic rings. The predicted molar refractivity (Wildman–Crippen MR) is 76.3 cm³/mol. The van der Waals surface area contributed by atoms with Gasteiger partial charge >= 0.3 is 5.97 Å². The van der Waals surface area contributed by atoms with Crippen molar-refractivity contribution in [2.75, 3.05) is 13.2 Å². The van der Waals surface area contributed by atoms with Gasteiger partial charge in [0.1, 0.15) is 6.61 Å². The number of carbonyl (C=O) groups is 2. The lowest BCUT2D eigenvalue weighted by Gasteiger charge is -2.37. The minimum Gasteiger partial charge on any atom is -0.481 e. The standard InChI is InChI=1S/C15H27NO4/c1-10(2)12-5-4-11(3)8-13(12)20-9-14(17)16-7-6-15(18)19/h10-13H,4-9H2,1-3H3,(H,16,17)(H,18,19). The summed E-state index contributed by atoms with van der Waals surface area (Å²) < 4.78 is 5.79. The monoisotopic (exact) mass is 285 g/mol. The van der Waals surface area contributed by atoms with E-state index < -0.39 is 5.97 Å². The van der Waals surface area contributed by atoms with E-state index in [0.29, 0.717) is 17.8 Å². The summed E-state index contributed by atoms with van der Waals surface area (Å²) in [5.41, 5.74) is 0. The number of hydrogen-bond donors (Lipinski definition) is 2. The van der Waals surface area contributed by atoms with Crippen LogP contribution in [-0.2, 0) is 14.3 Å². The van der Waals surface area contributed by atoms with E-state index in [1.807, 2.05) is 0 Å². The topological polar surface area (TPSA) is 75.6 Å². The quantitative estimate of drug-likeness (QED) is 0.750. The summed E-state index contributed by atoms with van der Waals surface area (Å²) in [6, 6.07) is 0. The van der Waals surface area contributed by atoms with Gasteiger partial charge in [0, 0.05) is 6.54 Å². The summed E-state index contributed by atoms with van der Waals surface area (Å²) in [6.45, 7) is 6.81. The summed E-state index contributed by atoms with van der Waals surface area (Å²) in [6.07, 6.45) is 3.48. The van der Waals surface area contributed by atoms with Crippen LogP contribution in [0.5, 0.6) is 0 Å². The highest BCUT2D eigenvalue weighted by molar-refractivity contribution is 5.77. The normalized spacial score (nSPS) is 26.5. The Morgan fingerprint density at radius 2 is 2.05 bits per heavy atom. The van der Waals surface area contributed by atoms with Crippen LogP contribution in [0.4, 0.5) is 0 Å². The van der Waals surface area contributed by atoms with E-state index in [2.05, 4.69) is 26.1 Å². The molecule has 5 heteroatoms. The highest BCUT2D eigenvalue weighted by Crippen LogP contribution is 2.35. The Balaban J connectivity index is 2.33. The van der Waals surface area contributed by atoms with Crippen LogP contribution in [0.25, 0.3) is 0 Å². The third-order valence-corrected chi connectivity index (χ3v) is 4.05. The molecule has 1 fully saturated rings. The minimum atomic E-state index is -0.910. The average Bonchev–Trinajstić information content (AvgIpc) is 2.35. The van der Waals surface area contributed by atoms with Gasteiger partial charge in [0.05, 0.1) is 12.5 Å². The van der Waals surface area contributed by atoms with E-state index in [1.165, 1.54) is 6.42 Å². The zero-order chi connectivity index (χ0) is 15.1. The zero-order valence-corrected chi connectivity index (χ0v) is 12.7. The van der Waals surface area contributed by atoms with Gasteiger partial charge in [-0.05, 0) is 30.6 Å². The minimum absolute atomic E-state index is 0.0280. The molecule has 1 aliphatic carbocycles. The summed E-state index contributed by atoms with van der Waals surface area (Å²) >= 11 is 0. The number of ether oxygens (including phenoxy) is 1. The van der Waals surface area contributed by atoms with Crippen LogP contribution in [-0.4, -0.2) is 36.2 Å². The maximum Gasteiger partial charge on any atom is 0.305 e. The summed E-state index contributed by atoms with van der Waals surface area (Å²) in [5, 5.41) is 11.1. The number of carbonyl (C=O) groups excluding carboxylic acids is 1. The molecule has 0 spiro atoms. The molecule has 0 heterocycles. The first-order valence-corrected chi connectivity index (χ1v) is 7.50. The Morgan fingerprint density at radius 3 is 2.65 bits per heavy atom. The second kappa shape index (κ2) is 8.25. The molecular weight excluding hydrogens is 258 g/mol. The largest absolute Gasteiger partial charge is 0.481 e. The molecule has 0 bridgehead atoms. The number of amides is 1. The molecule has 1 saturated carbocycles. The van der Waals surface area contributed by atoms with E-state index in [1.54, 1.807) is 0 Å². The van der Waals surface area contributed by atoms with Gasteiger partial charge in [0.15, 0.2) is 0 Å². The maximum absolute atomic E-state index is 11.6. The van der Waals surface area contributed by atoms with Crippen molar-refractivity contribution < 1.29 is 19.4 Å². The lowest BCUT2D eigenvalue weighted by Crippen LogP contribution is -2.38. The van der Waals surface area contributed by atoms with E-state index in [0.717, 1.165) is 12.8 Å². The van der Waals surface area contributed by atoms with Crippen molar-refractivity contribution in [2.24, 2.45) is 17.8 Å². The van der Waals surface area contributed by atoms with E-state index in [9.17, 15) is 9.59 Å². The molecule has 0 saturated heterocycles. The lowest BCUT2D eigenvalue weighted by molar-refractivity contribution is -0.137. The SMILES string of the molecule is CC1CCC(C(C)C)C(OCC(=O)NCCC(=O)O)C1. The van der Waals surface area contributed by atoms with Crippen LogP contribution in [0.2, 0.25) is 0 Å². The van der Waals surface area contributed by atoms with Crippen LogP contribution in [0.3, 0.4) is 0 Å². The Labute approximate surface area is 121 Å². The van der Waals surface area contributed by atoms with Gasteiger partial charge in [-0.15, -0.1) is 0 Å². The molecule has 2 N–H and O–H groups in total. The van der Waals surface area contributed by atoms with Crippen molar-refractivity contribution in [3.63, 3.8) is 0 Å². The first kappa shape index (κ1) is 17.0. The van der Waals surface area contributed by atoms with Crippen LogP contribution < -0.4 is 5.32 Å². The highest BCUT2D eigenvalue weighted by Gasteiger charge is 2.31. The number of nitrogens with one attached hydrogen (secondary N) is 1. The molecule has 1 amide bonds. The van der Waals surface area contributed by atoms with Crippen LogP contribution in [0.1, 0.15) is 46.5 Å². The molecular formula is C15H27NO4. The third-order valence-electron chi connectivity index (χ3n) is 4.05. The number of hydrogen-bond acceptors (Lipinski definition) is 3. The fraction of sp³-hybridized carbons (Fsp3) is 0.867. The van der Waals surface area contributed by atoms with Gasteiger partial charge in [-0.25, -0.2) is 0 Å². The van der Waals surface area contributed by atoms with Crippen molar-refractivity contribution >= 4 is 11.9 Å². The molecule has 3 unspecified atom stereocenters. The van der Waals surface area contributed by atoms with Crippen molar-refractivity contribution in [1.82, 2.24) is 5.32 Å². The smallest absolute Gasteiger partial charge is 0.305 e. The molecule has 3 atom stereocenters. The maximum atomic E-state index is 11.6. The number of aliphatic carboxylic acids is 1. The van der Waals surface area contributed by atoms with Crippen LogP contribution in [0, 0.1) is 17.8 Å². The molecule has 116 valence electrons. The third kappa shape index (κ3) is 5.90. The summed E-state index contributed by atoms with van der Waals surface area (Å²) in [4.78, 5) is 22.0. The van der Waals surface area contributed by atoms with E-state index in [4.69, 9.17) is 9.84 Å². The first-order valence-electron chi connectivity index (χ1n) is 7.50. The van der Waals surface area contributed by atoms with Gasteiger partial charge in [0.25, 0.3) is 0 Å². The predicted octanol–water partition coefficient (Wildman–Crippen LogP) is 2.05. The Kier molecular flexibility index (Phi) is 6.99. The van der Waals surface area contributed by atoms with Gasteiger partial charge in [-0.2, -0.15) is 0 Å². The van der Waals surface area contributed by atoms with Crippen LogP contribution >= 0.6 is 0 Å². The zero-order valence-electron chi connectivity index (χ0n) is 12.7. The van der Waals surface area contributed by atoms with Crippen molar-refractivity contribution in [1.29, 1.82) is 0 Å². The Morgan fingerprint density at radius 1 is 1.35 bits per heavy atom. The number of carboxylic acids is 1. The number of carboxylic acid groups (broad SMARTS) is 1. The molecule has 0 aliphatic heterocycles. The molecule has 0 aromatic carbocycles. The van der Waals surface area contributed by atoms with Crippen molar-refractivity contribution in [2.45, 2.75) is 52.6 Å². The molecule has 20 heavy (non-hydrogen) atoms. The molecule has 1 rings (SSSR count). The average molecular weight is 285 g/mol. The Hall–Kier alpha value is -1.10. The lowest BCUT2D eigenvalue weighted by atomic mass is 9.75. The highest BCUT2D eigenvalue weighted by atomic mass is 16.5. The second-order valence-corrected chi connectivity index (χ2v) is 6.17. The molecule has 0 radical (unpaired) electrons. The van der Waals surface area contributed by atoms with E-state index in [-0.39, 0.29) is 31.6 Å². The van der Waals surface area contributed by atoms with Gasteiger partial charge in [-0.3, -0.25) is 9.59 Å². The molecule has 1 aliphatic rings. The van der Waals surface area contributed by atoms with Gasteiger partial charge < -0.3 is 15.2 Å².